The van der Waals surface area contributed by atoms with E-state index in [1.54, 1.807) is 11.3 Å². The van der Waals surface area contributed by atoms with E-state index in [2.05, 4.69) is 6.92 Å². The van der Waals surface area contributed by atoms with E-state index in [1.807, 2.05) is 11.4 Å². The molecule has 2 rings (SSSR count). The van der Waals surface area contributed by atoms with Gasteiger partial charge in [-0.25, -0.2) is 0 Å². The van der Waals surface area contributed by atoms with E-state index in [0.29, 0.717) is 5.92 Å². The summed E-state index contributed by atoms with van der Waals surface area (Å²) in [5.74, 6) is 1.46. The van der Waals surface area contributed by atoms with Crippen molar-refractivity contribution in [3.63, 3.8) is 0 Å². The Morgan fingerprint density at radius 3 is 2.83 bits per heavy atom. The van der Waals surface area contributed by atoms with Gasteiger partial charge in [-0.15, -0.1) is 11.3 Å². The predicted octanol–water partition coefficient (Wildman–Crippen LogP) is 3.06. The molecule has 3 atom stereocenters. The smallest absolute Gasteiger partial charge is 0.0561 e. The zero-order valence-corrected chi connectivity index (χ0v) is 8.53. The maximum absolute atomic E-state index is 6.06. The molecule has 12 heavy (non-hydrogen) atoms. The zero-order valence-electron chi connectivity index (χ0n) is 6.96. The van der Waals surface area contributed by atoms with Crippen molar-refractivity contribution in [3.8, 4) is 0 Å². The van der Waals surface area contributed by atoms with Gasteiger partial charge in [0.25, 0.3) is 0 Å². The van der Waals surface area contributed by atoms with Crippen LogP contribution in [0.15, 0.2) is 11.4 Å². The molecule has 3 unspecified atom stereocenters. The average Bonchev–Trinajstić information content (AvgIpc) is 2.59. The summed E-state index contributed by atoms with van der Waals surface area (Å²) >= 11 is 7.66. The van der Waals surface area contributed by atoms with Crippen LogP contribution in [0.4, 0.5) is 0 Å². The molecule has 1 aromatic heterocycles. The molecule has 1 fully saturated rings. The van der Waals surface area contributed by atoms with E-state index in [-0.39, 0.29) is 6.04 Å². The third kappa shape index (κ3) is 1.39. The Hall–Kier alpha value is -0.0500. The van der Waals surface area contributed by atoms with Crippen molar-refractivity contribution in [2.75, 3.05) is 0 Å². The minimum atomic E-state index is 0.174. The van der Waals surface area contributed by atoms with Gasteiger partial charge in [0.2, 0.25) is 0 Å². The first-order valence-electron chi connectivity index (χ1n) is 4.18. The summed E-state index contributed by atoms with van der Waals surface area (Å²) in [5.41, 5.74) is 6.06. The molecule has 1 aromatic rings. The van der Waals surface area contributed by atoms with Crippen molar-refractivity contribution in [1.82, 2.24) is 0 Å². The average molecular weight is 202 g/mol. The van der Waals surface area contributed by atoms with Gasteiger partial charge < -0.3 is 5.73 Å². The SMILES string of the molecule is CC1CC1C(N)c1sccc1Cl. The molecule has 3 heteroatoms. The van der Waals surface area contributed by atoms with Crippen LogP contribution in [0, 0.1) is 11.8 Å². The standard InChI is InChI=1S/C9H12ClNS/c1-5-4-6(5)8(11)9-7(10)2-3-12-9/h2-3,5-6,8H,4,11H2,1H3. The third-order valence-corrected chi connectivity index (χ3v) is 4.04. The number of nitrogens with two attached hydrogens (primary N) is 1. The zero-order chi connectivity index (χ0) is 8.72. The summed E-state index contributed by atoms with van der Waals surface area (Å²) in [7, 11) is 0. The fourth-order valence-corrected chi connectivity index (χ4v) is 2.85. The first-order valence-corrected chi connectivity index (χ1v) is 5.44. The van der Waals surface area contributed by atoms with Crippen LogP contribution in [-0.2, 0) is 0 Å². The molecule has 1 saturated carbocycles. The topological polar surface area (TPSA) is 26.0 Å². The lowest BCUT2D eigenvalue weighted by molar-refractivity contribution is 0.603. The second-order valence-electron chi connectivity index (χ2n) is 3.54. The summed E-state index contributed by atoms with van der Waals surface area (Å²) in [5, 5.41) is 2.84. The van der Waals surface area contributed by atoms with Crippen LogP contribution < -0.4 is 5.73 Å². The maximum atomic E-state index is 6.06. The molecule has 1 heterocycles. The molecule has 0 spiro atoms. The van der Waals surface area contributed by atoms with E-state index in [1.165, 1.54) is 6.42 Å². The minimum absolute atomic E-state index is 0.174. The van der Waals surface area contributed by atoms with Crippen LogP contribution >= 0.6 is 22.9 Å². The van der Waals surface area contributed by atoms with Crippen molar-refractivity contribution in [1.29, 1.82) is 0 Å². The molecule has 2 N–H and O–H groups in total. The number of thiophene rings is 1. The second kappa shape index (κ2) is 3.02. The molecular weight excluding hydrogens is 190 g/mol. The van der Waals surface area contributed by atoms with Crippen molar-refractivity contribution in [2.45, 2.75) is 19.4 Å². The van der Waals surface area contributed by atoms with Crippen molar-refractivity contribution in [3.05, 3.63) is 21.3 Å². The molecule has 0 saturated heterocycles. The first kappa shape index (κ1) is 8.54. The molecule has 1 aliphatic carbocycles. The number of halogens is 1. The van der Waals surface area contributed by atoms with Crippen LogP contribution in [0.5, 0.6) is 0 Å². The lowest BCUT2D eigenvalue weighted by atomic mass is 10.1. The molecule has 0 bridgehead atoms. The Morgan fingerprint density at radius 1 is 1.75 bits per heavy atom. The highest BCUT2D eigenvalue weighted by molar-refractivity contribution is 7.10. The third-order valence-electron chi connectivity index (χ3n) is 2.58. The van der Waals surface area contributed by atoms with Crippen LogP contribution in [0.25, 0.3) is 0 Å². The lowest BCUT2D eigenvalue weighted by Gasteiger charge is -2.08. The van der Waals surface area contributed by atoms with E-state index in [9.17, 15) is 0 Å². The number of rotatable bonds is 2. The molecule has 0 aromatic carbocycles. The van der Waals surface area contributed by atoms with Gasteiger partial charge in [0, 0.05) is 10.9 Å². The van der Waals surface area contributed by atoms with Crippen LogP contribution in [-0.4, -0.2) is 0 Å². The monoisotopic (exact) mass is 201 g/mol. The predicted molar refractivity (Wildman–Crippen MR) is 53.5 cm³/mol. The summed E-state index contributed by atoms with van der Waals surface area (Å²) in [6.45, 7) is 2.24. The molecule has 0 aliphatic heterocycles. The molecule has 0 amide bonds. The molecule has 0 radical (unpaired) electrons. The van der Waals surface area contributed by atoms with E-state index in [4.69, 9.17) is 17.3 Å². The maximum Gasteiger partial charge on any atom is 0.0561 e. The first-order chi connectivity index (χ1) is 5.70. The van der Waals surface area contributed by atoms with Gasteiger partial charge in [-0.2, -0.15) is 0 Å². The Bertz CT molecular complexity index is 284. The Balaban J connectivity index is 2.14. The normalized spacial score (nSPS) is 30.2. The number of hydrogen-bond acceptors (Lipinski definition) is 2. The highest BCUT2D eigenvalue weighted by Gasteiger charge is 2.39. The number of hydrogen-bond donors (Lipinski definition) is 1. The highest BCUT2D eigenvalue weighted by Crippen LogP contribution is 2.48. The summed E-state index contributed by atoms with van der Waals surface area (Å²) in [6.07, 6.45) is 1.26. The van der Waals surface area contributed by atoms with Gasteiger partial charge in [0.1, 0.15) is 0 Å². The summed E-state index contributed by atoms with van der Waals surface area (Å²) < 4.78 is 0. The van der Waals surface area contributed by atoms with E-state index >= 15 is 0 Å². The van der Waals surface area contributed by atoms with Gasteiger partial charge in [0.15, 0.2) is 0 Å². The fraction of sp³-hybridized carbons (Fsp3) is 0.556. The van der Waals surface area contributed by atoms with Gasteiger partial charge in [0.05, 0.1) is 5.02 Å². The minimum Gasteiger partial charge on any atom is -0.323 e. The Kier molecular flexibility index (Phi) is 2.15. The largest absolute Gasteiger partial charge is 0.323 e. The molecule has 1 aliphatic rings. The summed E-state index contributed by atoms with van der Waals surface area (Å²) in [6, 6.07) is 2.10. The van der Waals surface area contributed by atoms with Crippen LogP contribution in [0.1, 0.15) is 24.3 Å². The fourth-order valence-electron chi connectivity index (χ4n) is 1.59. The van der Waals surface area contributed by atoms with Crippen LogP contribution in [0.2, 0.25) is 5.02 Å². The lowest BCUT2D eigenvalue weighted by Crippen LogP contribution is -2.11. The van der Waals surface area contributed by atoms with Crippen molar-refractivity contribution in [2.24, 2.45) is 17.6 Å². The van der Waals surface area contributed by atoms with Crippen LogP contribution in [0.3, 0.4) is 0 Å². The van der Waals surface area contributed by atoms with E-state index < -0.39 is 0 Å². The molecular formula is C9H12ClNS. The van der Waals surface area contributed by atoms with E-state index in [0.717, 1.165) is 15.8 Å². The van der Waals surface area contributed by atoms with Crippen molar-refractivity contribution < 1.29 is 0 Å². The van der Waals surface area contributed by atoms with Crippen molar-refractivity contribution >= 4 is 22.9 Å². The quantitative estimate of drug-likeness (QED) is 0.782. The molecule has 66 valence electrons. The van der Waals surface area contributed by atoms with Gasteiger partial charge in [-0.3, -0.25) is 0 Å². The Labute approximate surface area is 81.5 Å². The van der Waals surface area contributed by atoms with Gasteiger partial charge in [-0.05, 0) is 29.7 Å². The van der Waals surface area contributed by atoms with Gasteiger partial charge in [-0.1, -0.05) is 18.5 Å². The van der Waals surface area contributed by atoms with Gasteiger partial charge >= 0.3 is 0 Å². The second-order valence-corrected chi connectivity index (χ2v) is 4.89. The molecule has 1 nitrogen and oxygen atoms in total. The Morgan fingerprint density at radius 2 is 2.42 bits per heavy atom. The highest BCUT2D eigenvalue weighted by atomic mass is 35.5. The summed E-state index contributed by atoms with van der Waals surface area (Å²) in [4.78, 5) is 1.16.